The van der Waals surface area contributed by atoms with Crippen LogP contribution >= 0.6 is 0 Å². The lowest BCUT2D eigenvalue weighted by molar-refractivity contribution is 1.32. The zero-order chi connectivity index (χ0) is 13.0. The van der Waals surface area contributed by atoms with Gasteiger partial charge in [-0.1, -0.05) is 68.4 Å². The van der Waals surface area contributed by atoms with Crippen molar-refractivity contribution in [1.29, 1.82) is 0 Å². The van der Waals surface area contributed by atoms with Gasteiger partial charge in [0.15, 0.2) is 0 Å². The van der Waals surface area contributed by atoms with Crippen molar-refractivity contribution in [2.24, 2.45) is 0 Å². The van der Waals surface area contributed by atoms with Gasteiger partial charge in [0.05, 0.1) is 0 Å². The Morgan fingerprint density at radius 3 is 2.06 bits per heavy atom. The molecule has 0 fully saturated rings. The molecule has 1 aliphatic carbocycles. The zero-order valence-corrected chi connectivity index (χ0v) is 11.4. The normalized spacial score (nSPS) is 12.8. The molecule has 3 rings (SSSR count). The molecule has 0 spiro atoms. The van der Waals surface area contributed by atoms with E-state index in [9.17, 15) is 0 Å². The van der Waals surface area contributed by atoms with Crippen LogP contribution in [0.3, 0.4) is 0 Å². The molecule has 0 N–H and O–H groups in total. The minimum Gasteiger partial charge on any atom is -0.0683 e. The summed E-state index contributed by atoms with van der Waals surface area (Å²) in [7, 11) is 0. The summed E-state index contributed by atoms with van der Waals surface area (Å²) in [6, 6.07) is 19.4. The first-order valence-electron chi connectivity index (χ1n) is 6.70. The van der Waals surface area contributed by atoms with Gasteiger partial charge in [-0.3, -0.25) is 0 Å². The molecule has 18 heavy (non-hydrogen) atoms. The molecule has 0 radical (unpaired) electrons. The van der Waals surface area contributed by atoms with Crippen LogP contribution in [0.5, 0.6) is 0 Å². The summed E-state index contributed by atoms with van der Waals surface area (Å²) in [4.78, 5) is 0. The van der Waals surface area contributed by atoms with Gasteiger partial charge in [0.2, 0.25) is 0 Å². The molecular formula is C18H20. The van der Waals surface area contributed by atoms with Crippen molar-refractivity contribution < 1.29 is 0 Å². The maximum atomic E-state index is 2.23. The first-order chi connectivity index (χ1) is 8.86. The summed E-state index contributed by atoms with van der Waals surface area (Å²) < 4.78 is 0. The average Bonchev–Trinajstić information content (AvgIpc) is 2.80. The molecule has 0 atom stereocenters. The summed E-state index contributed by atoms with van der Waals surface area (Å²) in [5, 5.41) is 0. The van der Waals surface area contributed by atoms with Crippen LogP contribution in [0.1, 0.15) is 37.5 Å². The molecule has 0 bridgehead atoms. The number of hydrogen-bond acceptors (Lipinski definition) is 0. The number of allylic oxidation sites excluding steroid dienone is 2. The first kappa shape index (κ1) is 12.6. The van der Waals surface area contributed by atoms with Crippen molar-refractivity contribution >= 4 is 11.1 Å². The summed E-state index contributed by atoms with van der Waals surface area (Å²) in [5.41, 5.74) is 7.14. The Morgan fingerprint density at radius 1 is 0.778 bits per heavy atom. The van der Waals surface area contributed by atoms with Crippen LogP contribution in [-0.2, 0) is 6.42 Å². The second-order valence-electron chi connectivity index (χ2n) is 4.30. The highest BCUT2D eigenvalue weighted by Gasteiger charge is 2.18. The van der Waals surface area contributed by atoms with Crippen LogP contribution < -0.4 is 0 Å². The maximum absolute atomic E-state index is 2.23. The second kappa shape index (κ2) is 5.68. The second-order valence-corrected chi connectivity index (χ2v) is 4.30. The molecule has 0 heteroatoms. The van der Waals surface area contributed by atoms with Crippen molar-refractivity contribution in [3.63, 3.8) is 0 Å². The summed E-state index contributed by atoms with van der Waals surface area (Å²) in [5.74, 6) is 0. The lowest BCUT2D eigenvalue weighted by atomic mass is 10.0. The maximum Gasteiger partial charge on any atom is -0.00109 e. The molecule has 0 saturated carbocycles. The van der Waals surface area contributed by atoms with Crippen molar-refractivity contribution in [3.8, 4) is 0 Å². The number of hydrogen-bond donors (Lipinski definition) is 0. The summed E-state index contributed by atoms with van der Waals surface area (Å²) in [6.07, 6.45) is 1.08. The largest absolute Gasteiger partial charge is 0.0683 e. The van der Waals surface area contributed by atoms with E-state index >= 15 is 0 Å². The highest BCUT2D eigenvalue weighted by molar-refractivity contribution is 5.96. The minimum atomic E-state index is 1.08. The van der Waals surface area contributed by atoms with E-state index in [0.717, 1.165) is 6.42 Å². The SMILES string of the molecule is CC.CC1=C(c2ccccc2)Cc2ccccc21. The predicted octanol–water partition coefficient (Wildman–Crippen LogP) is 5.20. The molecule has 1 aliphatic rings. The van der Waals surface area contributed by atoms with Gasteiger partial charge in [-0.2, -0.15) is 0 Å². The Labute approximate surface area is 110 Å². The number of benzene rings is 2. The lowest BCUT2D eigenvalue weighted by Gasteiger charge is -2.03. The van der Waals surface area contributed by atoms with E-state index in [1.165, 1.54) is 27.8 Å². The minimum absolute atomic E-state index is 1.08. The van der Waals surface area contributed by atoms with Crippen molar-refractivity contribution in [2.75, 3.05) is 0 Å². The molecule has 0 aliphatic heterocycles. The van der Waals surface area contributed by atoms with Gasteiger partial charge in [-0.05, 0) is 41.2 Å². The monoisotopic (exact) mass is 236 g/mol. The predicted molar refractivity (Wildman–Crippen MR) is 80.4 cm³/mol. The number of rotatable bonds is 1. The molecule has 2 aromatic carbocycles. The van der Waals surface area contributed by atoms with Crippen LogP contribution in [0.25, 0.3) is 11.1 Å². The molecule has 92 valence electrons. The van der Waals surface area contributed by atoms with Crippen LogP contribution in [0.2, 0.25) is 0 Å². The molecule has 0 aromatic heterocycles. The fraction of sp³-hybridized carbons (Fsp3) is 0.222. The van der Waals surface area contributed by atoms with Gasteiger partial charge in [0, 0.05) is 0 Å². The Morgan fingerprint density at radius 2 is 1.39 bits per heavy atom. The van der Waals surface area contributed by atoms with E-state index in [2.05, 4.69) is 61.5 Å². The van der Waals surface area contributed by atoms with Crippen LogP contribution in [-0.4, -0.2) is 0 Å². The highest BCUT2D eigenvalue weighted by atomic mass is 14.2. The third kappa shape index (κ3) is 2.24. The fourth-order valence-electron chi connectivity index (χ4n) is 2.48. The van der Waals surface area contributed by atoms with E-state index in [0.29, 0.717) is 0 Å². The average molecular weight is 236 g/mol. The third-order valence-electron chi connectivity index (χ3n) is 3.36. The van der Waals surface area contributed by atoms with Crippen molar-refractivity contribution in [3.05, 3.63) is 71.3 Å². The van der Waals surface area contributed by atoms with Crippen molar-refractivity contribution in [2.45, 2.75) is 27.2 Å². The molecule has 0 saturated heterocycles. The van der Waals surface area contributed by atoms with E-state index in [1.54, 1.807) is 0 Å². The van der Waals surface area contributed by atoms with Crippen LogP contribution in [0.4, 0.5) is 0 Å². The molecule has 0 unspecified atom stereocenters. The molecule has 0 nitrogen and oxygen atoms in total. The fourth-order valence-corrected chi connectivity index (χ4v) is 2.48. The van der Waals surface area contributed by atoms with Gasteiger partial charge in [-0.25, -0.2) is 0 Å². The lowest BCUT2D eigenvalue weighted by Crippen LogP contribution is -1.84. The van der Waals surface area contributed by atoms with Gasteiger partial charge < -0.3 is 0 Å². The van der Waals surface area contributed by atoms with Crippen LogP contribution in [0, 0.1) is 0 Å². The highest BCUT2D eigenvalue weighted by Crippen LogP contribution is 2.37. The van der Waals surface area contributed by atoms with Gasteiger partial charge >= 0.3 is 0 Å². The Balaban J connectivity index is 0.000000574. The molecule has 0 heterocycles. The smallest absolute Gasteiger partial charge is 0.00109 e. The Kier molecular flexibility index (Phi) is 3.99. The quantitative estimate of drug-likeness (QED) is 0.638. The Bertz CT molecular complexity index is 547. The summed E-state index contributed by atoms with van der Waals surface area (Å²) in [6.45, 7) is 6.23. The van der Waals surface area contributed by atoms with E-state index < -0.39 is 0 Å². The van der Waals surface area contributed by atoms with Gasteiger partial charge in [-0.15, -0.1) is 0 Å². The van der Waals surface area contributed by atoms with Gasteiger partial charge in [0.1, 0.15) is 0 Å². The van der Waals surface area contributed by atoms with Crippen LogP contribution in [0.15, 0.2) is 54.6 Å². The van der Waals surface area contributed by atoms with E-state index in [1.807, 2.05) is 13.8 Å². The zero-order valence-electron chi connectivity index (χ0n) is 11.4. The standard InChI is InChI=1S/C16H14.C2H6/c1-12-15-10-6-5-9-14(15)11-16(12)13-7-3-2-4-8-13;1-2/h2-10H,11H2,1H3;1-2H3. The molecule has 0 amide bonds. The third-order valence-corrected chi connectivity index (χ3v) is 3.36. The Hall–Kier alpha value is -1.82. The van der Waals surface area contributed by atoms with Gasteiger partial charge in [0.25, 0.3) is 0 Å². The molecular weight excluding hydrogens is 216 g/mol. The topological polar surface area (TPSA) is 0 Å². The first-order valence-corrected chi connectivity index (χ1v) is 6.70. The molecule has 2 aromatic rings. The van der Waals surface area contributed by atoms with Crippen molar-refractivity contribution in [1.82, 2.24) is 0 Å². The van der Waals surface area contributed by atoms with E-state index in [-0.39, 0.29) is 0 Å². The number of fused-ring (bicyclic) bond motifs is 1. The summed E-state index contributed by atoms with van der Waals surface area (Å²) >= 11 is 0. The van der Waals surface area contributed by atoms with E-state index in [4.69, 9.17) is 0 Å².